The van der Waals surface area contributed by atoms with Gasteiger partial charge in [-0.05, 0) is 6.92 Å². The van der Waals surface area contributed by atoms with Gasteiger partial charge in [0.15, 0.2) is 11.9 Å². The molecule has 1 fully saturated rings. The molecule has 1 saturated heterocycles. The van der Waals surface area contributed by atoms with Gasteiger partial charge in [-0.3, -0.25) is 9.69 Å². The van der Waals surface area contributed by atoms with E-state index in [0.29, 0.717) is 0 Å². The normalized spacial score (nSPS) is 28.7. The van der Waals surface area contributed by atoms with E-state index in [9.17, 15) is 19.8 Å². The number of hydrogen-bond donors (Lipinski definition) is 2. The molecule has 0 aromatic carbocycles. The third-order valence-corrected chi connectivity index (χ3v) is 3.18. The lowest BCUT2D eigenvalue weighted by atomic mass is 9.90. The summed E-state index contributed by atoms with van der Waals surface area (Å²) in [4.78, 5) is 24.3. The van der Waals surface area contributed by atoms with E-state index in [0.717, 1.165) is 4.90 Å². The summed E-state index contributed by atoms with van der Waals surface area (Å²) in [5.74, 6) is -1.97. The van der Waals surface area contributed by atoms with E-state index in [2.05, 4.69) is 0 Å². The second-order valence-corrected chi connectivity index (χ2v) is 5.72. The molecule has 3 unspecified atom stereocenters. The second kappa shape index (κ2) is 3.71. The second-order valence-electron chi connectivity index (χ2n) is 5.72. The SMILES string of the molecule is CC(O)C1C(=O)N2C(C(=O)O)=C(C(C)(C)C)OC12. The van der Waals surface area contributed by atoms with E-state index in [1.54, 1.807) is 0 Å². The zero-order chi connectivity index (χ0) is 13.8. The van der Waals surface area contributed by atoms with Gasteiger partial charge in [-0.1, -0.05) is 20.8 Å². The van der Waals surface area contributed by atoms with Crippen molar-refractivity contribution in [2.45, 2.75) is 40.0 Å². The van der Waals surface area contributed by atoms with Gasteiger partial charge in [-0.25, -0.2) is 4.79 Å². The lowest BCUT2D eigenvalue weighted by Crippen LogP contribution is -2.62. The number of allylic oxidation sites excluding steroid dienone is 1. The Bertz CT molecular complexity index is 446. The molecule has 0 spiro atoms. The Hall–Kier alpha value is -1.56. The van der Waals surface area contributed by atoms with E-state index in [1.165, 1.54) is 6.92 Å². The molecule has 0 aliphatic carbocycles. The van der Waals surface area contributed by atoms with Crippen LogP contribution in [0.1, 0.15) is 27.7 Å². The number of hydrogen-bond acceptors (Lipinski definition) is 4. The van der Waals surface area contributed by atoms with Gasteiger partial charge in [-0.15, -0.1) is 0 Å². The minimum Gasteiger partial charge on any atom is -0.476 e. The number of carbonyl (C=O) groups is 2. The fourth-order valence-electron chi connectivity index (χ4n) is 2.31. The summed E-state index contributed by atoms with van der Waals surface area (Å²) in [6.45, 7) is 6.95. The number of amides is 1. The minimum atomic E-state index is -1.18. The van der Waals surface area contributed by atoms with Crippen molar-refractivity contribution in [3.63, 3.8) is 0 Å². The summed E-state index contributed by atoms with van der Waals surface area (Å²) < 4.78 is 5.59. The highest BCUT2D eigenvalue weighted by atomic mass is 16.5. The third kappa shape index (κ3) is 1.59. The van der Waals surface area contributed by atoms with Crippen LogP contribution in [0.25, 0.3) is 0 Å². The number of aliphatic hydroxyl groups is 1. The van der Waals surface area contributed by atoms with E-state index in [1.807, 2.05) is 20.8 Å². The smallest absolute Gasteiger partial charge is 0.356 e. The maximum Gasteiger partial charge on any atom is 0.356 e. The van der Waals surface area contributed by atoms with Gasteiger partial charge in [0.1, 0.15) is 11.7 Å². The van der Waals surface area contributed by atoms with Crippen LogP contribution in [0.15, 0.2) is 11.5 Å². The number of ether oxygens (including phenoxy) is 1. The highest BCUT2D eigenvalue weighted by Crippen LogP contribution is 2.46. The Morgan fingerprint density at radius 3 is 2.39 bits per heavy atom. The minimum absolute atomic E-state index is 0.102. The van der Waals surface area contributed by atoms with Crippen LogP contribution in [0.2, 0.25) is 0 Å². The highest BCUT2D eigenvalue weighted by Gasteiger charge is 2.60. The topological polar surface area (TPSA) is 87.1 Å². The van der Waals surface area contributed by atoms with Gasteiger partial charge in [0.05, 0.1) is 6.10 Å². The van der Waals surface area contributed by atoms with Gasteiger partial charge in [0.2, 0.25) is 5.91 Å². The molecule has 0 aromatic rings. The van der Waals surface area contributed by atoms with Crippen molar-refractivity contribution in [3.05, 3.63) is 11.5 Å². The monoisotopic (exact) mass is 255 g/mol. The average molecular weight is 255 g/mol. The lowest BCUT2D eigenvalue weighted by molar-refractivity contribution is -0.183. The summed E-state index contributed by atoms with van der Waals surface area (Å²) in [5, 5.41) is 18.7. The average Bonchev–Trinajstić information content (AvgIpc) is 2.51. The van der Waals surface area contributed by atoms with Gasteiger partial charge >= 0.3 is 5.97 Å². The molecule has 2 N–H and O–H groups in total. The van der Waals surface area contributed by atoms with Crippen LogP contribution < -0.4 is 0 Å². The van der Waals surface area contributed by atoms with Crippen molar-refractivity contribution in [1.29, 1.82) is 0 Å². The first-order valence-electron chi connectivity index (χ1n) is 5.82. The van der Waals surface area contributed by atoms with Crippen LogP contribution in [0.3, 0.4) is 0 Å². The predicted octanol–water partition coefficient (Wildman–Crippen LogP) is 0.524. The first-order valence-corrected chi connectivity index (χ1v) is 5.82. The zero-order valence-electron chi connectivity index (χ0n) is 10.8. The van der Waals surface area contributed by atoms with Crippen molar-refractivity contribution >= 4 is 11.9 Å². The van der Waals surface area contributed by atoms with Crippen LogP contribution in [0, 0.1) is 11.3 Å². The lowest BCUT2D eigenvalue weighted by Gasteiger charge is -2.42. The number of carboxylic acids is 1. The van der Waals surface area contributed by atoms with Crippen molar-refractivity contribution in [3.8, 4) is 0 Å². The van der Waals surface area contributed by atoms with E-state index in [4.69, 9.17) is 4.74 Å². The Morgan fingerprint density at radius 1 is 1.44 bits per heavy atom. The number of nitrogens with zero attached hydrogens (tertiary/aromatic N) is 1. The van der Waals surface area contributed by atoms with Gasteiger partial charge in [0.25, 0.3) is 0 Å². The predicted molar refractivity (Wildman–Crippen MR) is 61.0 cm³/mol. The third-order valence-electron chi connectivity index (χ3n) is 3.18. The zero-order valence-corrected chi connectivity index (χ0v) is 10.8. The van der Waals surface area contributed by atoms with Crippen LogP contribution in [0.4, 0.5) is 0 Å². The number of carbonyl (C=O) groups excluding carboxylic acids is 1. The number of aliphatic hydroxyl groups excluding tert-OH is 1. The molecule has 0 aromatic heterocycles. The van der Waals surface area contributed by atoms with Crippen LogP contribution in [0.5, 0.6) is 0 Å². The van der Waals surface area contributed by atoms with E-state index in [-0.39, 0.29) is 11.5 Å². The first-order chi connectivity index (χ1) is 8.16. The van der Waals surface area contributed by atoms with Gasteiger partial charge < -0.3 is 14.9 Å². The summed E-state index contributed by atoms with van der Waals surface area (Å²) >= 11 is 0. The molecular weight excluding hydrogens is 238 g/mol. The Labute approximate surface area is 105 Å². The molecule has 2 aliphatic rings. The molecular formula is C12H17NO5. The molecule has 2 rings (SSSR count). The highest BCUT2D eigenvalue weighted by molar-refractivity contribution is 5.98. The molecule has 0 bridgehead atoms. The van der Waals surface area contributed by atoms with Crippen LogP contribution >= 0.6 is 0 Å². The Kier molecular flexibility index (Phi) is 2.66. The van der Waals surface area contributed by atoms with E-state index < -0.39 is 35.5 Å². The number of carboxylic acid groups (broad SMARTS) is 1. The summed E-state index contributed by atoms with van der Waals surface area (Å²) in [5.41, 5.74) is -0.608. The molecule has 100 valence electrons. The summed E-state index contributed by atoms with van der Waals surface area (Å²) in [6.07, 6.45) is -1.54. The fourth-order valence-corrected chi connectivity index (χ4v) is 2.31. The van der Waals surface area contributed by atoms with Crippen molar-refractivity contribution in [1.82, 2.24) is 4.90 Å². The standard InChI is InChI=1S/C12H17NO5/c1-5(14)6-9(15)13-7(11(16)17)8(12(2,3)4)18-10(6)13/h5-6,10,14H,1-4H3,(H,16,17). The maximum absolute atomic E-state index is 11.9. The number of aliphatic carboxylic acids is 1. The number of β-lactam (4-membered cyclic amide) rings is 1. The Morgan fingerprint density at radius 2 is 2.00 bits per heavy atom. The van der Waals surface area contributed by atoms with Crippen LogP contribution in [-0.2, 0) is 14.3 Å². The summed E-state index contributed by atoms with van der Waals surface area (Å²) in [6, 6.07) is 0. The maximum atomic E-state index is 11.9. The number of rotatable bonds is 2. The molecule has 6 nitrogen and oxygen atoms in total. The molecule has 2 heterocycles. The molecule has 3 atom stereocenters. The largest absolute Gasteiger partial charge is 0.476 e. The fraction of sp³-hybridized carbons (Fsp3) is 0.667. The van der Waals surface area contributed by atoms with Crippen molar-refractivity contribution in [2.24, 2.45) is 11.3 Å². The molecule has 0 saturated carbocycles. The number of fused-ring (bicyclic) bond motifs is 1. The van der Waals surface area contributed by atoms with Crippen molar-refractivity contribution in [2.75, 3.05) is 0 Å². The van der Waals surface area contributed by atoms with E-state index >= 15 is 0 Å². The van der Waals surface area contributed by atoms with Gasteiger partial charge in [0, 0.05) is 5.41 Å². The molecule has 18 heavy (non-hydrogen) atoms. The Balaban J connectivity index is 2.39. The quantitative estimate of drug-likeness (QED) is 0.703. The molecule has 1 amide bonds. The first kappa shape index (κ1) is 12.9. The molecule has 0 radical (unpaired) electrons. The van der Waals surface area contributed by atoms with Crippen LogP contribution in [-0.4, -0.2) is 39.3 Å². The van der Waals surface area contributed by atoms with Gasteiger partial charge in [-0.2, -0.15) is 0 Å². The van der Waals surface area contributed by atoms with Crippen molar-refractivity contribution < 1.29 is 24.5 Å². The summed E-state index contributed by atoms with van der Waals surface area (Å²) in [7, 11) is 0. The molecule has 6 heteroatoms. The molecule has 2 aliphatic heterocycles.